The van der Waals surface area contributed by atoms with Crippen LogP contribution < -0.4 is 5.43 Å². The molecule has 0 fully saturated rings. The molecule has 0 aliphatic rings. The average Bonchev–Trinajstić information content (AvgIpc) is 2.61. The molecule has 1 N–H and O–H groups in total. The lowest BCUT2D eigenvalue weighted by molar-refractivity contribution is -0.116. The summed E-state index contributed by atoms with van der Waals surface area (Å²) in [5.41, 5.74) is 6.59. The Balaban J connectivity index is 2.19. The zero-order valence-corrected chi connectivity index (χ0v) is 14.3. The molecule has 0 aliphatic carbocycles. The third-order valence-electron chi connectivity index (χ3n) is 3.82. The first-order chi connectivity index (χ1) is 11.6. The maximum absolute atomic E-state index is 12.6. The van der Waals surface area contributed by atoms with Crippen LogP contribution in [0.4, 0.5) is 0 Å². The molecule has 4 heteroatoms. The summed E-state index contributed by atoms with van der Waals surface area (Å²) in [7, 11) is 0. The molecule has 0 saturated carbocycles. The number of carbonyl (C=O) groups excluding carboxylic acids is 2. The molecule has 1 amide bonds. The first kappa shape index (κ1) is 17.6. The van der Waals surface area contributed by atoms with E-state index in [1.54, 1.807) is 0 Å². The Morgan fingerprint density at radius 2 is 1.62 bits per heavy atom. The number of rotatable bonds is 6. The van der Waals surface area contributed by atoms with Crippen molar-refractivity contribution in [3.8, 4) is 0 Å². The molecule has 0 aromatic heterocycles. The smallest absolute Gasteiger partial charge is 0.283 e. The van der Waals surface area contributed by atoms with Crippen LogP contribution in [0.1, 0.15) is 46.5 Å². The van der Waals surface area contributed by atoms with Gasteiger partial charge in [-0.05, 0) is 36.5 Å². The van der Waals surface area contributed by atoms with Crippen molar-refractivity contribution in [3.63, 3.8) is 0 Å². The molecule has 0 spiro atoms. The van der Waals surface area contributed by atoms with Gasteiger partial charge in [0.1, 0.15) is 0 Å². The Labute approximate surface area is 142 Å². The highest BCUT2D eigenvalue weighted by Gasteiger charge is 2.22. The van der Waals surface area contributed by atoms with Crippen LogP contribution in [0.25, 0.3) is 0 Å². The van der Waals surface area contributed by atoms with E-state index in [1.165, 1.54) is 6.21 Å². The van der Waals surface area contributed by atoms with Crippen molar-refractivity contribution in [1.29, 1.82) is 0 Å². The molecule has 4 nitrogen and oxygen atoms in total. The van der Waals surface area contributed by atoms with Crippen LogP contribution in [-0.4, -0.2) is 17.9 Å². The first-order valence-corrected chi connectivity index (χ1v) is 8.12. The van der Waals surface area contributed by atoms with Gasteiger partial charge >= 0.3 is 5.91 Å². The summed E-state index contributed by atoms with van der Waals surface area (Å²) >= 11 is 0. The third kappa shape index (κ3) is 4.16. The Morgan fingerprint density at radius 1 is 1.04 bits per heavy atom. The molecular weight excluding hydrogens is 300 g/mol. The Morgan fingerprint density at radius 3 is 2.17 bits per heavy atom. The molecule has 0 unspecified atom stereocenters. The van der Waals surface area contributed by atoms with Gasteiger partial charge in [-0.1, -0.05) is 61.9 Å². The topological polar surface area (TPSA) is 58.5 Å². The molecule has 0 bridgehead atoms. The van der Waals surface area contributed by atoms with E-state index in [1.807, 2.05) is 63.2 Å². The first-order valence-electron chi connectivity index (χ1n) is 8.12. The summed E-state index contributed by atoms with van der Waals surface area (Å²) in [5, 5.41) is 3.87. The van der Waals surface area contributed by atoms with Gasteiger partial charge in [0.25, 0.3) is 5.78 Å². The molecule has 24 heavy (non-hydrogen) atoms. The number of amides is 1. The monoisotopic (exact) mass is 322 g/mol. The van der Waals surface area contributed by atoms with E-state index in [2.05, 4.69) is 10.5 Å². The van der Waals surface area contributed by atoms with Gasteiger partial charge in [-0.15, -0.1) is 0 Å². The van der Waals surface area contributed by atoms with Crippen molar-refractivity contribution >= 4 is 17.9 Å². The number of ketones is 1. The summed E-state index contributed by atoms with van der Waals surface area (Å²) in [4.78, 5) is 24.8. The molecule has 0 aliphatic heterocycles. The SMILES string of the molecule is CCc1cc(C)cc(CC)c1C(=O)C(=O)NN=Cc1ccccc1. The minimum absolute atomic E-state index is 0.512. The summed E-state index contributed by atoms with van der Waals surface area (Å²) in [6.45, 7) is 5.96. The maximum Gasteiger partial charge on any atom is 0.312 e. The number of carbonyl (C=O) groups is 2. The highest BCUT2D eigenvalue weighted by molar-refractivity contribution is 6.43. The Bertz CT molecular complexity index is 739. The average molecular weight is 322 g/mol. The van der Waals surface area contributed by atoms with Crippen LogP contribution in [0.5, 0.6) is 0 Å². The van der Waals surface area contributed by atoms with Crippen molar-refractivity contribution in [2.75, 3.05) is 0 Å². The number of hydrogen-bond donors (Lipinski definition) is 1. The zero-order chi connectivity index (χ0) is 17.5. The minimum Gasteiger partial charge on any atom is -0.283 e. The fourth-order valence-corrected chi connectivity index (χ4v) is 2.66. The maximum atomic E-state index is 12.6. The zero-order valence-electron chi connectivity index (χ0n) is 14.3. The van der Waals surface area contributed by atoms with Crippen LogP contribution in [0.15, 0.2) is 47.6 Å². The van der Waals surface area contributed by atoms with Gasteiger partial charge in [-0.3, -0.25) is 9.59 Å². The number of nitrogens with one attached hydrogen (secondary N) is 1. The lowest BCUT2D eigenvalue weighted by atomic mass is 9.92. The quantitative estimate of drug-likeness (QED) is 0.383. The van der Waals surface area contributed by atoms with E-state index >= 15 is 0 Å². The number of Topliss-reactive ketones (excluding diaryl/α,β-unsaturated/α-hetero) is 1. The third-order valence-corrected chi connectivity index (χ3v) is 3.82. The van der Waals surface area contributed by atoms with Crippen molar-refractivity contribution in [2.24, 2.45) is 5.10 Å². The van der Waals surface area contributed by atoms with Crippen LogP contribution in [0.3, 0.4) is 0 Å². The molecular formula is C20H22N2O2. The molecule has 0 heterocycles. The van der Waals surface area contributed by atoms with Gasteiger partial charge < -0.3 is 0 Å². The Kier molecular flexibility index (Phi) is 6.01. The van der Waals surface area contributed by atoms with Crippen LogP contribution in [0.2, 0.25) is 0 Å². The van der Waals surface area contributed by atoms with Gasteiger partial charge in [-0.2, -0.15) is 5.10 Å². The second kappa shape index (κ2) is 8.20. The van der Waals surface area contributed by atoms with Crippen molar-refractivity contribution in [2.45, 2.75) is 33.6 Å². The van der Waals surface area contributed by atoms with Crippen molar-refractivity contribution in [1.82, 2.24) is 5.43 Å². The van der Waals surface area contributed by atoms with E-state index < -0.39 is 11.7 Å². The number of hydrogen-bond acceptors (Lipinski definition) is 3. The van der Waals surface area contributed by atoms with E-state index in [0.29, 0.717) is 18.4 Å². The fraction of sp³-hybridized carbons (Fsp3) is 0.250. The lowest BCUT2D eigenvalue weighted by Gasteiger charge is -2.12. The predicted octanol–water partition coefficient (Wildman–Crippen LogP) is 3.45. The van der Waals surface area contributed by atoms with Gasteiger partial charge in [0.05, 0.1) is 6.21 Å². The fourth-order valence-electron chi connectivity index (χ4n) is 2.66. The summed E-state index contributed by atoms with van der Waals surface area (Å²) in [5.74, 6) is -1.25. The molecule has 0 atom stereocenters. The van der Waals surface area contributed by atoms with Gasteiger partial charge in [0.2, 0.25) is 0 Å². The van der Waals surface area contributed by atoms with Gasteiger partial charge in [0.15, 0.2) is 0 Å². The normalized spacial score (nSPS) is 10.8. The van der Waals surface area contributed by atoms with Crippen molar-refractivity contribution < 1.29 is 9.59 Å². The summed E-state index contributed by atoms with van der Waals surface area (Å²) < 4.78 is 0. The molecule has 2 aromatic rings. The largest absolute Gasteiger partial charge is 0.312 e. The van der Waals surface area contributed by atoms with E-state index in [0.717, 1.165) is 22.3 Å². The standard InChI is InChI=1S/C20H22N2O2/c1-4-16-11-14(3)12-17(5-2)18(16)19(23)20(24)22-21-13-15-9-7-6-8-10-15/h6-13H,4-5H2,1-3H3,(H,22,24). The molecule has 0 radical (unpaired) electrons. The summed E-state index contributed by atoms with van der Waals surface area (Å²) in [6, 6.07) is 13.3. The van der Waals surface area contributed by atoms with Crippen molar-refractivity contribution in [3.05, 3.63) is 70.3 Å². The number of benzene rings is 2. The molecule has 2 rings (SSSR count). The Hall–Kier alpha value is -2.75. The van der Waals surface area contributed by atoms with Crippen LogP contribution >= 0.6 is 0 Å². The highest BCUT2D eigenvalue weighted by atomic mass is 16.2. The predicted molar refractivity (Wildman–Crippen MR) is 96.4 cm³/mol. The molecule has 2 aromatic carbocycles. The second-order valence-electron chi connectivity index (χ2n) is 5.60. The minimum atomic E-state index is -0.713. The molecule has 0 saturated heterocycles. The van der Waals surface area contributed by atoms with E-state index in [9.17, 15) is 9.59 Å². The van der Waals surface area contributed by atoms with Crippen LogP contribution in [0, 0.1) is 6.92 Å². The van der Waals surface area contributed by atoms with E-state index in [4.69, 9.17) is 0 Å². The number of nitrogens with zero attached hydrogens (tertiary/aromatic N) is 1. The second-order valence-corrected chi connectivity index (χ2v) is 5.60. The molecule has 124 valence electrons. The van der Waals surface area contributed by atoms with Gasteiger partial charge in [-0.25, -0.2) is 5.43 Å². The number of aryl methyl sites for hydroxylation is 3. The number of hydrazone groups is 1. The highest BCUT2D eigenvalue weighted by Crippen LogP contribution is 2.20. The van der Waals surface area contributed by atoms with Gasteiger partial charge in [0, 0.05) is 5.56 Å². The lowest BCUT2D eigenvalue weighted by Crippen LogP contribution is -2.29. The summed E-state index contributed by atoms with van der Waals surface area (Å²) in [6.07, 6.45) is 2.93. The van der Waals surface area contributed by atoms with E-state index in [-0.39, 0.29) is 0 Å². The van der Waals surface area contributed by atoms with Crippen LogP contribution in [-0.2, 0) is 17.6 Å².